The number of aliphatic imine (C=N–C) groups is 1. The molecule has 0 spiro atoms. The van der Waals surface area contributed by atoms with Crippen LogP contribution in [0.15, 0.2) is 53.7 Å². The van der Waals surface area contributed by atoms with Crippen molar-refractivity contribution in [2.24, 2.45) is 12.0 Å². The van der Waals surface area contributed by atoms with Gasteiger partial charge >= 0.3 is 0 Å². The van der Waals surface area contributed by atoms with Crippen LogP contribution in [-0.4, -0.2) is 83.5 Å². The van der Waals surface area contributed by atoms with Gasteiger partial charge in [0.25, 0.3) is 5.91 Å². The predicted molar refractivity (Wildman–Crippen MR) is 149 cm³/mol. The van der Waals surface area contributed by atoms with Crippen molar-refractivity contribution >= 4 is 39.8 Å². The van der Waals surface area contributed by atoms with Gasteiger partial charge in [-0.05, 0) is 50.5 Å². The van der Waals surface area contributed by atoms with Crippen LogP contribution in [0.5, 0.6) is 17.4 Å². The van der Waals surface area contributed by atoms with Crippen molar-refractivity contribution in [3.8, 4) is 17.4 Å². The Hall–Kier alpha value is -3.95. The lowest BCUT2D eigenvalue weighted by Crippen LogP contribution is -2.34. The van der Waals surface area contributed by atoms with Gasteiger partial charge in [0.1, 0.15) is 18.9 Å². The highest BCUT2D eigenvalue weighted by atomic mass is 35.5. The van der Waals surface area contributed by atoms with Crippen molar-refractivity contribution in [2.45, 2.75) is 0 Å². The Morgan fingerprint density at radius 2 is 1.84 bits per heavy atom. The SMILES string of the molecule is CN(C)CCN(C)C(=O)c1cc(N=C(c2ccc3c(c2)OCCO3)c2c(O)[nH]c3cc(Cl)ccc23)cn1C. The predicted octanol–water partition coefficient (Wildman–Crippen LogP) is 4.44. The van der Waals surface area contributed by atoms with Crippen LogP contribution >= 0.6 is 11.6 Å². The third kappa shape index (κ3) is 5.07. The molecule has 5 rings (SSSR count). The molecule has 2 aromatic heterocycles. The minimum absolute atomic E-state index is 0.0356. The van der Waals surface area contributed by atoms with E-state index in [0.29, 0.717) is 64.5 Å². The van der Waals surface area contributed by atoms with Gasteiger partial charge in [-0.15, -0.1) is 0 Å². The molecule has 0 fully saturated rings. The third-order valence-corrected chi connectivity index (χ3v) is 6.71. The fourth-order valence-corrected chi connectivity index (χ4v) is 4.62. The molecule has 198 valence electrons. The van der Waals surface area contributed by atoms with Crippen molar-refractivity contribution < 1.29 is 19.4 Å². The highest BCUT2D eigenvalue weighted by molar-refractivity contribution is 6.31. The number of ether oxygens (including phenoxy) is 2. The Kier molecular flexibility index (Phi) is 7.05. The summed E-state index contributed by atoms with van der Waals surface area (Å²) in [6.45, 7) is 2.30. The Labute approximate surface area is 225 Å². The van der Waals surface area contributed by atoms with Gasteiger partial charge in [-0.3, -0.25) is 4.79 Å². The number of aromatic hydroxyl groups is 1. The standard InChI is InChI=1S/C28H30ClN5O4/c1-32(2)9-10-33(3)28(36)22-15-19(16-34(22)4)30-26(17-5-8-23-24(13-17)38-12-11-37-23)25-20-7-6-18(29)14-21(20)31-27(25)35/h5-8,13-16,31,35H,9-12H2,1-4H3. The molecule has 1 aliphatic heterocycles. The van der Waals surface area contributed by atoms with Crippen LogP contribution in [0.3, 0.4) is 0 Å². The van der Waals surface area contributed by atoms with Gasteiger partial charge in [0.05, 0.1) is 22.5 Å². The van der Waals surface area contributed by atoms with Gasteiger partial charge < -0.3 is 33.9 Å². The minimum atomic E-state index is -0.0961. The zero-order valence-electron chi connectivity index (χ0n) is 21.8. The van der Waals surface area contributed by atoms with Crippen molar-refractivity contribution in [1.82, 2.24) is 19.4 Å². The van der Waals surface area contributed by atoms with E-state index in [-0.39, 0.29) is 11.8 Å². The van der Waals surface area contributed by atoms with E-state index in [1.165, 1.54) is 0 Å². The molecule has 0 aliphatic carbocycles. The van der Waals surface area contributed by atoms with Crippen LogP contribution in [0.1, 0.15) is 21.6 Å². The van der Waals surface area contributed by atoms with Crippen molar-refractivity contribution in [1.29, 1.82) is 0 Å². The molecule has 0 atom stereocenters. The van der Waals surface area contributed by atoms with Crippen LogP contribution in [-0.2, 0) is 7.05 Å². The largest absolute Gasteiger partial charge is 0.494 e. The number of carbonyl (C=O) groups excluding carboxylic acids is 1. The van der Waals surface area contributed by atoms with Crippen LogP contribution in [0, 0.1) is 0 Å². The Balaban J connectivity index is 1.61. The molecule has 2 aromatic carbocycles. The number of fused-ring (bicyclic) bond motifs is 2. The Bertz CT molecular complexity index is 1540. The maximum atomic E-state index is 13.1. The molecule has 38 heavy (non-hydrogen) atoms. The molecule has 1 aliphatic rings. The van der Waals surface area contributed by atoms with Crippen molar-refractivity contribution in [3.63, 3.8) is 0 Å². The van der Waals surface area contributed by atoms with E-state index in [4.69, 9.17) is 26.1 Å². The molecule has 10 heteroatoms. The van der Waals surface area contributed by atoms with E-state index in [0.717, 1.165) is 17.5 Å². The van der Waals surface area contributed by atoms with Gasteiger partial charge in [0, 0.05) is 49.4 Å². The first-order chi connectivity index (χ1) is 18.2. The maximum absolute atomic E-state index is 13.1. The average molecular weight is 536 g/mol. The first-order valence-electron chi connectivity index (χ1n) is 12.3. The minimum Gasteiger partial charge on any atom is -0.494 e. The second-order valence-corrected chi connectivity index (χ2v) is 10.0. The molecule has 0 saturated carbocycles. The summed E-state index contributed by atoms with van der Waals surface area (Å²) < 4.78 is 13.3. The number of likely N-dealkylation sites (N-methyl/N-ethyl adjacent to an activating group) is 2. The summed E-state index contributed by atoms with van der Waals surface area (Å²) in [6.07, 6.45) is 1.80. The Morgan fingerprint density at radius 3 is 2.61 bits per heavy atom. The van der Waals surface area contributed by atoms with E-state index >= 15 is 0 Å². The van der Waals surface area contributed by atoms with Gasteiger partial charge in [0.15, 0.2) is 17.4 Å². The topological polar surface area (TPSA) is 95.3 Å². The zero-order chi connectivity index (χ0) is 27.0. The van der Waals surface area contributed by atoms with Crippen LogP contribution < -0.4 is 9.47 Å². The number of carbonyl (C=O) groups is 1. The average Bonchev–Trinajstić information content (AvgIpc) is 3.42. The molecular weight excluding hydrogens is 506 g/mol. The lowest BCUT2D eigenvalue weighted by Gasteiger charge is -2.19. The smallest absolute Gasteiger partial charge is 0.270 e. The normalized spacial score (nSPS) is 13.4. The lowest BCUT2D eigenvalue weighted by molar-refractivity contribution is 0.0777. The van der Waals surface area contributed by atoms with Gasteiger partial charge in [-0.1, -0.05) is 17.7 Å². The summed E-state index contributed by atoms with van der Waals surface area (Å²) in [7, 11) is 7.56. The number of nitrogens with zero attached hydrogens (tertiary/aromatic N) is 4. The third-order valence-electron chi connectivity index (χ3n) is 6.47. The van der Waals surface area contributed by atoms with Gasteiger partial charge in [-0.25, -0.2) is 4.99 Å². The highest BCUT2D eigenvalue weighted by Crippen LogP contribution is 2.36. The molecule has 2 N–H and O–H groups in total. The van der Waals surface area contributed by atoms with E-state index in [1.807, 2.05) is 50.3 Å². The summed E-state index contributed by atoms with van der Waals surface area (Å²) in [6, 6.07) is 12.7. The van der Waals surface area contributed by atoms with Crippen LogP contribution in [0.2, 0.25) is 5.02 Å². The number of rotatable bonds is 7. The summed E-state index contributed by atoms with van der Waals surface area (Å²) in [5, 5.41) is 12.3. The number of aryl methyl sites for hydroxylation is 1. The number of benzene rings is 2. The van der Waals surface area contributed by atoms with E-state index in [9.17, 15) is 9.90 Å². The number of hydrogen-bond acceptors (Lipinski definition) is 6. The van der Waals surface area contributed by atoms with E-state index in [1.54, 1.807) is 40.9 Å². The number of amides is 1. The monoisotopic (exact) mass is 535 g/mol. The van der Waals surface area contributed by atoms with E-state index < -0.39 is 0 Å². The quantitative estimate of drug-likeness (QED) is 0.341. The molecule has 4 aromatic rings. The molecule has 3 heterocycles. The first kappa shape index (κ1) is 25.7. The Morgan fingerprint density at radius 1 is 1.08 bits per heavy atom. The summed E-state index contributed by atoms with van der Waals surface area (Å²) >= 11 is 6.20. The molecule has 0 radical (unpaired) electrons. The van der Waals surface area contributed by atoms with Crippen LogP contribution in [0.4, 0.5) is 5.69 Å². The van der Waals surface area contributed by atoms with Crippen molar-refractivity contribution in [3.05, 3.63) is 70.5 Å². The van der Waals surface area contributed by atoms with Crippen molar-refractivity contribution in [2.75, 3.05) is 47.4 Å². The maximum Gasteiger partial charge on any atom is 0.270 e. The summed E-state index contributed by atoms with van der Waals surface area (Å²) in [5.74, 6) is 1.13. The fraction of sp³-hybridized carbons (Fsp3) is 0.286. The number of H-pyrrole nitrogens is 1. The van der Waals surface area contributed by atoms with Gasteiger partial charge in [0.2, 0.25) is 0 Å². The second-order valence-electron chi connectivity index (χ2n) is 9.58. The molecule has 0 unspecified atom stereocenters. The lowest BCUT2D eigenvalue weighted by atomic mass is 10.00. The molecule has 1 amide bonds. The molecule has 0 bridgehead atoms. The number of aromatic amines is 1. The molecule has 0 saturated heterocycles. The molecular formula is C28H30ClN5O4. The fourth-order valence-electron chi connectivity index (χ4n) is 4.45. The molecule has 9 nitrogen and oxygen atoms in total. The second kappa shape index (κ2) is 10.4. The zero-order valence-corrected chi connectivity index (χ0v) is 22.5. The number of nitrogens with one attached hydrogen (secondary N) is 1. The number of hydrogen-bond donors (Lipinski definition) is 2. The van der Waals surface area contributed by atoms with Gasteiger partial charge in [-0.2, -0.15) is 0 Å². The first-order valence-corrected chi connectivity index (χ1v) is 12.6. The van der Waals surface area contributed by atoms with Crippen LogP contribution in [0.25, 0.3) is 10.9 Å². The van der Waals surface area contributed by atoms with E-state index in [2.05, 4.69) is 4.98 Å². The number of aromatic nitrogens is 2. The summed E-state index contributed by atoms with van der Waals surface area (Å²) in [5.41, 5.74) is 3.53. The highest BCUT2D eigenvalue weighted by Gasteiger charge is 2.23. The number of halogens is 1. The summed E-state index contributed by atoms with van der Waals surface area (Å²) in [4.78, 5) is 24.8.